The van der Waals surface area contributed by atoms with Crippen LogP contribution >= 0.6 is 11.8 Å². The van der Waals surface area contributed by atoms with E-state index in [9.17, 15) is 4.79 Å². The molecule has 0 spiro atoms. The maximum atomic E-state index is 11.5. The first-order chi connectivity index (χ1) is 8.15. The van der Waals surface area contributed by atoms with Crippen LogP contribution in [0.15, 0.2) is 22.9 Å². The van der Waals surface area contributed by atoms with Crippen molar-refractivity contribution in [2.45, 2.75) is 6.92 Å². The van der Waals surface area contributed by atoms with E-state index in [0.717, 1.165) is 0 Å². The van der Waals surface area contributed by atoms with Gasteiger partial charge in [0.2, 0.25) is 5.91 Å². The molecule has 1 N–H and O–H groups in total. The third-order valence-electron chi connectivity index (χ3n) is 2.20. The molecule has 88 valence electrons. The number of hydrogen-bond acceptors (Lipinski definition) is 5. The van der Waals surface area contributed by atoms with E-state index in [1.54, 1.807) is 4.90 Å². The lowest BCUT2D eigenvalue weighted by molar-refractivity contribution is -0.125. The number of nitrogens with one attached hydrogen (secondary N) is 1. The van der Waals surface area contributed by atoms with Crippen molar-refractivity contribution in [1.29, 1.82) is 10.5 Å². The molecule has 5 nitrogen and oxygen atoms in total. The highest BCUT2D eigenvalue weighted by Gasteiger charge is 2.28. The van der Waals surface area contributed by atoms with Gasteiger partial charge in [0.05, 0.1) is 16.9 Å². The number of hydrogen-bond donors (Lipinski definition) is 1. The molecule has 0 aromatic rings. The van der Waals surface area contributed by atoms with E-state index in [-0.39, 0.29) is 12.5 Å². The van der Waals surface area contributed by atoms with Gasteiger partial charge >= 0.3 is 0 Å². The van der Waals surface area contributed by atoms with Gasteiger partial charge in [0.25, 0.3) is 0 Å². The second-order valence-electron chi connectivity index (χ2n) is 3.21. The van der Waals surface area contributed by atoms with Crippen molar-refractivity contribution in [2.75, 3.05) is 18.8 Å². The van der Waals surface area contributed by atoms with E-state index in [2.05, 4.69) is 11.9 Å². The van der Waals surface area contributed by atoms with Crippen molar-refractivity contribution in [2.24, 2.45) is 0 Å². The predicted molar refractivity (Wildman–Crippen MR) is 65.2 cm³/mol. The minimum absolute atomic E-state index is 0.00617. The van der Waals surface area contributed by atoms with Gasteiger partial charge in [-0.05, 0) is 6.92 Å². The maximum absolute atomic E-state index is 11.5. The van der Waals surface area contributed by atoms with Gasteiger partial charge in [-0.2, -0.15) is 10.5 Å². The molecular formula is C11H12N4OS. The summed E-state index contributed by atoms with van der Waals surface area (Å²) >= 11 is 1.33. The Morgan fingerprint density at radius 1 is 1.65 bits per heavy atom. The maximum Gasteiger partial charge on any atom is 0.237 e. The zero-order chi connectivity index (χ0) is 12.8. The van der Waals surface area contributed by atoms with Gasteiger partial charge in [-0.3, -0.25) is 4.79 Å². The molecule has 1 amide bonds. The predicted octanol–water partition coefficient (Wildman–Crippen LogP) is 0.944. The second kappa shape index (κ2) is 5.97. The van der Waals surface area contributed by atoms with Crippen molar-refractivity contribution in [3.63, 3.8) is 0 Å². The summed E-state index contributed by atoms with van der Waals surface area (Å²) < 4.78 is 0. The zero-order valence-corrected chi connectivity index (χ0v) is 10.3. The van der Waals surface area contributed by atoms with Gasteiger partial charge in [-0.1, -0.05) is 18.3 Å². The van der Waals surface area contributed by atoms with Gasteiger partial charge in [0.15, 0.2) is 0 Å². The number of nitrogens with zero attached hydrogens (tertiary/aromatic N) is 3. The van der Waals surface area contributed by atoms with Crippen LogP contribution in [-0.4, -0.2) is 29.6 Å². The van der Waals surface area contributed by atoms with Crippen LogP contribution in [0.1, 0.15) is 6.92 Å². The minimum atomic E-state index is -0.00617. The fourth-order valence-electron chi connectivity index (χ4n) is 1.41. The Morgan fingerprint density at radius 3 is 2.88 bits per heavy atom. The smallest absolute Gasteiger partial charge is 0.237 e. The number of carbonyl (C=O) groups is 1. The summed E-state index contributed by atoms with van der Waals surface area (Å²) in [5.74, 6) is 0.341. The third kappa shape index (κ3) is 2.80. The fourth-order valence-corrected chi connectivity index (χ4v) is 2.52. The molecule has 0 saturated carbocycles. The first-order valence-electron chi connectivity index (χ1n) is 5.03. The molecular weight excluding hydrogens is 236 g/mol. The monoisotopic (exact) mass is 248 g/mol. The molecule has 0 atom stereocenters. The van der Waals surface area contributed by atoms with Gasteiger partial charge in [-0.15, -0.1) is 0 Å². The van der Waals surface area contributed by atoms with Crippen LogP contribution in [0.5, 0.6) is 0 Å². The molecule has 0 aromatic heterocycles. The van der Waals surface area contributed by atoms with Gasteiger partial charge < -0.3 is 10.2 Å². The lowest BCUT2D eigenvalue weighted by Crippen LogP contribution is -2.26. The van der Waals surface area contributed by atoms with Crippen LogP contribution in [0.25, 0.3) is 0 Å². The number of thioether (sulfide) groups is 1. The van der Waals surface area contributed by atoms with Crippen LogP contribution in [-0.2, 0) is 4.79 Å². The van der Waals surface area contributed by atoms with Gasteiger partial charge in [0, 0.05) is 12.2 Å². The van der Waals surface area contributed by atoms with Gasteiger partial charge in [0.1, 0.15) is 18.2 Å². The van der Waals surface area contributed by atoms with Crippen LogP contribution < -0.4 is 5.32 Å². The van der Waals surface area contributed by atoms with Crippen molar-refractivity contribution < 1.29 is 4.79 Å². The quantitative estimate of drug-likeness (QED) is 0.591. The molecule has 1 heterocycles. The second-order valence-corrected chi connectivity index (χ2v) is 4.17. The first kappa shape index (κ1) is 13.1. The molecule has 0 unspecified atom stereocenters. The highest BCUT2D eigenvalue weighted by Crippen LogP contribution is 2.32. The summed E-state index contributed by atoms with van der Waals surface area (Å²) in [7, 11) is 0. The topological polar surface area (TPSA) is 79.9 Å². The molecule has 17 heavy (non-hydrogen) atoms. The van der Waals surface area contributed by atoms with Crippen molar-refractivity contribution in [1.82, 2.24) is 10.2 Å². The molecule has 6 heteroatoms. The Bertz CT molecular complexity index is 455. The van der Waals surface area contributed by atoms with Crippen molar-refractivity contribution >= 4 is 17.7 Å². The number of amides is 1. The molecule has 0 aromatic carbocycles. The highest BCUT2D eigenvalue weighted by molar-refractivity contribution is 8.04. The third-order valence-corrected chi connectivity index (χ3v) is 3.29. The fraction of sp³-hybridized carbons (Fsp3) is 0.364. The Morgan fingerprint density at radius 2 is 2.35 bits per heavy atom. The van der Waals surface area contributed by atoms with Crippen LogP contribution in [0, 0.1) is 22.7 Å². The Labute approximate surface area is 104 Å². The van der Waals surface area contributed by atoms with E-state index in [0.29, 0.717) is 28.6 Å². The van der Waals surface area contributed by atoms with Crippen molar-refractivity contribution in [3.05, 3.63) is 22.9 Å². The number of rotatable bonds is 4. The zero-order valence-electron chi connectivity index (χ0n) is 9.49. The standard InChI is InChI=1S/C11H12N4OS/c1-3-15-10(16)7-17-11(15)9(6-13)8(2)14-5-4-12/h14H,2-3,5,7H2,1H3/b11-9-. The average molecular weight is 248 g/mol. The molecule has 0 aliphatic carbocycles. The summed E-state index contributed by atoms with van der Waals surface area (Å²) in [4.78, 5) is 13.1. The summed E-state index contributed by atoms with van der Waals surface area (Å²) in [5.41, 5.74) is 0.711. The first-order valence-corrected chi connectivity index (χ1v) is 6.01. The molecule has 0 bridgehead atoms. The van der Waals surface area contributed by atoms with Crippen molar-refractivity contribution in [3.8, 4) is 12.1 Å². The summed E-state index contributed by atoms with van der Waals surface area (Å²) in [5, 5.41) is 20.9. The summed E-state index contributed by atoms with van der Waals surface area (Å²) in [6.07, 6.45) is 0. The molecule has 1 rings (SSSR count). The molecule has 1 saturated heterocycles. The Hall–Kier alpha value is -1.92. The van der Waals surface area contributed by atoms with Crippen LogP contribution in [0.3, 0.4) is 0 Å². The lowest BCUT2D eigenvalue weighted by Gasteiger charge is -2.16. The van der Waals surface area contributed by atoms with E-state index in [1.807, 2.05) is 19.1 Å². The lowest BCUT2D eigenvalue weighted by atomic mass is 10.2. The minimum Gasteiger partial charge on any atom is -0.372 e. The SMILES string of the molecule is C=C(NCC#N)/C(C#N)=C1\SCC(=O)N1CC. The van der Waals surface area contributed by atoms with Crippen LogP contribution in [0.4, 0.5) is 0 Å². The Kier molecular flexibility index (Phi) is 4.62. The number of nitriles is 2. The van der Waals surface area contributed by atoms with Gasteiger partial charge in [-0.25, -0.2) is 0 Å². The van der Waals surface area contributed by atoms with Crippen LogP contribution in [0.2, 0.25) is 0 Å². The number of carbonyl (C=O) groups excluding carboxylic acids is 1. The molecule has 1 aliphatic rings. The molecule has 1 aliphatic heterocycles. The van der Waals surface area contributed by atoms with E-state index >= 15 is 0 Å². The Balaban J connectivity index is 3.00. The summed E-state index contributed by atoms with van der Waals surface area (Å²) in [6.45, 7) is 6.17. The number of allylic oxidation sites excluding steroid dienone is 1. The van der Waals surface area contributed by atoms with E-state index in [1.165, 1.54) is 11.8 Å². The largest absolute Gasteiger partial charge is 0.372 e. The average Bonchev–Trinajstić information content (AvgIpc) is 2.69. The highest BCUT2D eigenvalue weighted by atomic mass is 32.2. The molecule has 1 fully saturated rings. The van der Waals surface area contributed by atoms with E-state index in [4.69, 9.17) is 10.5 Å². The normalized spacial score (nSPS) is 17.4. The van der Waals surface area contributed by atoms with E-state index < -0.39 is 0 Å². The molecule has 0 radical (unpaired) electrons. The summed E-state index contributed by atoms with van der Waals surface area (Å²) in [6, 6.07) is 3.94.